The standard InChI is InChI=1S/C17H26BrFN2/c1-4-7-14-11-21(17(3,5-2)12-20-14)10-13-8-6-9-15(19)16(13)18/h6,8-9,14,20H,4-5,7,10-12H2,1-3H3. The maximum atomic E-state index is 13.7. The number of hydrogen-bond donors (Lipinski definition) is 1. The first-order valence-electron chi connectivity index (χ1n) is 7.91. The molecule has 1 aliphatic rings. The maximum Gasteiger partial charge on any atom is 0.137 e. The number of nitrogens with one attached hydrogen (secondary N) is 1. The first-order chi connectivity index (χ1) is 10.00. The number of benzene rings is 1. The van der Waals surface area contributed by atoms with E-state index in [1.807, 2.05) is 6.07 Å². The van der Waals surface area contributed by atoms with E-state index in [0.717, 1.165) is 31.6 Å². The zero-order chi connectivity index (χ0) is 15.5. The minimum atomic E-state index is -0.175. The molecular weight excluding hydrogens is 331 g/mol. The molecule has 2 unspecified atom stereocenters. The van der Waals surface area contributed by atoms with Crippen molar-refractivity contribution in [3.05, 3.63) is 34.1 Å². The Balaban J connectivity index is 2.18. The van der Waals surface area contributed by atoms with Crippen molar-refractivity contribution in [3.63, 3.8) is 0 Å². The molecule has 0 radical (unpaired) electrons. The molecule has 1 aromatic rings. The minimum absolute atomic E-state index is 0.135. The van der Waals surface area contributed by atoms with Crippen LogP contribution in [0.2, 0.25) is 0 Å². The van der Waals surface area contributed by atoms with E-state index < -0.39 is 0 Å². The second-order valence-electron chi connectivity index (χ2n) is 6.31. The third-order valence-corrected chi connectivity index (χ3v) is 5.66. The van der Waals surface area contributed by atoms with Crippen molar-refractivity contribution in [1.82, 2.24) is 10.2 Å². The monoisotopic (exact) mass is 356 g/mol. The number of halogens is 2. The Morgan fingerprint density at radius 2 is 2.19 bits per heavy atom. The van der Waals surface area contributed by atoms with Crippen LogP contribution in [0.4, 0.5) is 4.39 Å². The second-order valence-corrected chi connectivity index (χ2v) is 7.10. The summed E-state index contributed by atoms with van der Waals surface area (Å²) < 4.78 is 14.3. The lowest BCUT2D eigenvalue weighted by molar-refractivity contribution is 0.0394. The van der Waals surface area contributed by atoms with Gasteiger partial charge >= 0.3 is 0 Å². The van der Waals surface area contributed by atoms with Crippen LogP contribution in [-0.4, -0.2) is 29.6 Å². The highest BCUT2D eigenvalue weighted by molar-refractivity contribution is 9.10. The topological polar surface area (TPSA) is 15.3 Å². The fourth-order valence-corrected chi connectivity index (χ4v) is 3.44. The molecule has 0 aliphatic carbocycles. The molecular formula is C17H26BrFN2. The molecule has 1 N–H and O–H groups in total. The van der Waals surface area contributed by atoms with Gasteiger partial charge in [-0.25, -0.2) is 4.39 Å². The fraction of sp³-hybridized carbons (Fsp3) is 0.647. The van der Waals surface area contributed by atoms with Crippen molar-refractivity contribution < 1.29 is 4.39 Å². The molecule has 1 aliphatic heterocycles. The molecule has 1 heterocycles. The molecule has 2 rings (SSSR count). The number of nitrogens with zero attached hydrogens (tertiary/aromatic N) is 1. The summed E-state index contributed by atoms with van der Waals surface area (Å²) in [7, 11) is 0. The van der Waals surface area contributed by atoms with Crippen LogP contribution in [0.3, 0.4) is 0 Å². The first-order valence-corrected chi connectivity index (χ1v) is 8.70. The largest absolute Gasteiger partial charge is 0.311 e. The SMILES string of the molecule is CCCC1CN(Cc2cccc(F)c2Br)C(C)(CC)CN1. The van der Waals surface area contributed by atoms with Gasteiger partial charge in [-0.05, 0) is 47.3 Å². The van der Waals surface area contributed by atoms with Crippen molar-refractivity contribution in [1.29, 1.82) is 0 Å². The molecule has 2 atom stereocenters. The van der Waals surface area contributed by atoms with Crippen molar-refractivity contribution >= 4 is 15.9 Å². The Morgan fingerprint density at radius 1 is 1.43 bits per heavy atom. The van der Waals surface area contributed by atoms with Crippen LogP contribution in [0.15, 0.2) is 22.7 Å². The zero-order valence-corrected chi connectivity index (χ0v) is 14.8. The van der Waals surface area contributed by atoms with Crippen LogP contribution in [0.1, 0.15) is 45.6 Å². The molecule has 1 aromatic carbocycles. The van der Waals surface area contributed by atoms with Crippen molar-refractivity contribution in [2.75, 3.05) is 13.1 Å². The summed E-state index contributed by atoms with van der Waals surface area (Å²) in [6, 6.07) is 5.86. The molecule has 2 nitrogen and oxygen atoms in total. The van der Waals surface area contributed by atoms with Crippen molar-refractivity contribution in [2.45, 2.75) is 58.2 Å². The minimum Gasteiger partial charge on any atom is -0.311 e. The van der Waals surface area contributed by atoms with Crippen LogP contribution < -0.4 is 5.32 Å². The van der Waals surface area contributed by atoms with E-state index in [2.05, 4.69) is 46.9 Å². The molecule has 0 amide bonds. The summed E-state index contributed by atoms with van der Waals surface area (Å²) in [5.74, 6) is -0.175. The molecule has 0 spiro atoms. The molecule has 4 heteroatoms. The molecule has 0 saturated carbocycles. The van der Waals surface area contributed by atoms with E-state index in [1.165, 1.54) is 18.9 Å². The highest BCUT2D eigenvalue weighted by Crippen LogP contribution is 2.29. The highest BCUT2D eigenvalue weighted by atomic mass is 79.9. The molecule has 0 bridgehead atoms. The number of rotatable bonds is 5. The van der Waals surface area contributed by atoms with Gasteiger partial charge in [0.15, 0.2) is 0 Å². The zero-order valence-electron chi connectivity index (χ0n) is 13.3. The van der Waals surface area contributed by atoms with Crippen LogP contribution >= 0.6 is 15.9 Å². The Kier molecular flexibility index (Phi) is 5.81. The Hall–Kier alpha value is -0.450. The molecule has 1 saturated heterocycles. The Morgan fingerprint density at radius 3 is 2.86 bits per heavy atom. The molecule has 21 heavy (non-hydrogen) atoms. The number of hydrogen-bond acceptors (Lipinski definition) is 2. The van der Waals surface area contributed by atoms with Gasteiger partial charge in [0.1, 0.15) is 5.82 Å². The third kappa shape index (κ3) is 3.85. The van der Waals surface area contributed by atoms with E-state index in [4.69, 9.17) is 0 Å². The first kappa shape index (κ1) is 16.9. The van der Waals surface area contributed by atoms with Gasteiger partial charge < -0.3 is 5.32 Å². The van der Waals surface area contributed by atoms with Crippen molar-refractivity contribution in [2.24, 2.45) is 0 Å². The van der Waals surface area contributed by atoms with E-state index in [0.29, 0.717) is 10.5 Å². The quantitative estimate of drug-likeness (QED) is 0.844. The maximum absolute atomic E-state index is 13.7. The van der Waals surface area contributed by atoms with Crippen molar-refractivity contribution in [3.8, 4) is 0 Å². The van der Waals surface area contributed by atoms with Gasteiger partial charge in [0.2, 0.25) is 0 Å². The van der Waals surface area contributed by atoms with Gasteiger partial charge in [0.05, 0.1) is 4.47 Å². The van der Waals surface area contributed by atoms with E-state index in [1.54, 1.807) is 6.07 Å². The number of piperazine rings is 1. The lowest BCUT2D eigenvalue weighted by Gasteiger charge is -2.48. The summed E-state index contributed by atoms with van der Waals surface area (Å²) in [4.78, 5) is 2.52. The molecule has 0 aromatic heterocycles. The Bertz CT molecular complexity index is 480. The normalized spacial score (nSPS) is 27.0. The highest BCUT2D eigenvalue weighted by Gasteiger charge is 2.36. The van der Waals surface area contributed by atoms with E-state index in [-0.39, 0.29) is 11.4 Å². The van der Waals surface area contributed by atoms with Gasteiger partial charge in [0, 0.05) is 31.2 Å². The average molecular weight is 357 g/mol. The van der Waals surface area contributed by atoms with Gasteiger partial charge in [-0.3, -0.25) is 4.90 Å². The summed E-state index contributed by atoms with van der Waals surface area (Å²) >= 11 is 3.40. The lowest BCUT2D eigenvalue weighted by atomic mass is 9.90. The predicted molar refractivity (Wildman–Crippen MR) is 89.9 cm³/mol. The Labute approximate surface area is 136 Å². The summed E-state index contributed by atoms with van der Waals surface area (Å²) in [5.41, 5.74) is 1.17. The smallest absolute Gasteiger partial charge is 0.137 e. The van der Waals surface area contributed by atoms with Crippen LogP contribution in [-0.2, 0) is 6.54 Å². The van der Waals surface area contributed by atoms with E-state index in [9.17, 15) is 4.39 Å². The third-order valence-electron chi connectivity index (χ3n) is 4.77. The molecule has 118 valence electrons. The predicted octanol–water partition coefficient (Wildman–Crippen LogP) is 4.33. The fourth-order valence-electron chi connectivity index (χ4n) is 3.05. The summed E-state index contributed by atoms with van der Waals surface area (Å²) in [6.07, 6.45) is 3.48. The van der Waals surface area contributed by atoms with Crippen LogP contribution in [0.5, 0.6) is 0 Å². The van der Waals surface area contributed by atoms with Crippen LogP contribution in [0.25, 0.3) is 0 Å². The summed E-state index contributed by atoms with van der Waals surface area (Å²) in [6.45, 7) is 9.58. The average Bonchev–Trinajstić information content (AvgIpc) is 2.48. The molecule has 1 fully saturated rings. The lowest BCUT2D eigenvalue weighted by Crippen LogP contribution is -2.62. The van der Waals surface area contributed by atoms with Gasteiger partial charge in [0.25, 0.3) is 0 Å². The van der Waals surface area contributed by atoms with Crippen LogP contribution in [0, 0.1) is 5.82 Å². The van der Waals surface area contributed by atoms with E-state index >= 15 is 0 Å². The van der Waals surface area contributed by atoms with Gasteiger partial charge in [-0.15, -0.1) is 0 Å². The van der Waals surface area contributed by atoms with Gasteiger partial charge in [-0.2, -0.15) is 0 Å². The van der Waals surface area contributed by atoms with Gasteiger partial charge in [-0.1, -0.05) is 32.4 Å². The summed E-state index contributed by atoms with van der Waals surface area (Å²) in [5, 5.41) is 3.68. The second kappa shape index (κ2) is 7.21.